The Labute approximate surface area is 169 Å². The minimum atomic E-state index is -1.11. The van der Waals surface area contributed by atoms with Gasteiger partial charge in [-0.25, -0.2) is 4.79 Å². The molecule has 0 saturated carbocycles. The smallest absolute Gasteiger partial charge is 0.337 e. The highest BCUT2D eigenvalue weighted by Gasteiger charge is 2.24. The molecule has 0 amide bonds. The number of carbonyl (C=O) groups is 2. The summed E-state index contributed by atoms with van der Waals surface area (Å²) in [6, 6.07) is 16.1. The number of benzene rings is 3. The standard InChI is InChI=1S/C24H23NO4/c1-2-29-21-15-17(25-13-5-6-14-25)10-12-19(21)23(26)20-11-9-16-7-3-4-8-18(16)22(20)24(27)28/h3-4,7-12,15H,2,5-6,13-14H2,1H3,(H,27,28). The highest BCUT2D eigenvalue weighted by atomic mass is 16.5. The third kappa shape index (κ3) is 3.56. The molecule has 1 heterocycles. The monoisotopic (exact) mass is 389 g/mol. The van der Waals surface area contributed by atoms with Crippen molar-refractivity contribution in [2.24, 2.45) is 0 Å². The molecule has 0 aromatic heterocycles. The van der Waals surface area contributed by atoms with Crippen LogP contribution >= 0.6 is 0 Å². The molecule has 1 aliphatic heterocycles. The van der Waals surface area contributed by atoms with Crippen LogP contribution in [0.25, 0.3) is 10.8 Å². The van der Waals surface area contributed by atoms with Gasteiger partial charge in [0.2, 0.25) is 0 Å². The Kier molecular flexibility index (Phi) is 5.21. The molecule has 1 fully saturated rings. The van der Waals surface area contributed by atoms with Crippen molar-refractivity contribution in [2.45, 2.75) is 19.8 Å². The van der Waals surface area contributed by atoms with Gasteiger partial charge in [-0.05, 0) is 48.7 Å². The van der Waals surface area contributed by atoms with E-state index in [0.717, 1.165) is 37.0 Å². The van der Waals surface area contributed by atoms with Crippen molar-refractivity contribution in [3.8, 4) is 5.75 Å². The van der Waals surface area contributed by atoms with Crippen molar-refractivity contribution < 1.29 is 19.4 Å². The summed E-state index contributed by atoms with van der Waals surface area (Å²) in [5.41, 5.74) is 1.61. The van der Waals surface area contributed by atoms with Crippen LogP contribution in [0, 0.1) is 0 Å². The van der Waals surface area contributed by atoms with Crippen LogP contribution in [-0.2, 0) is 0 Å². The fourth-order valence-corrected chi connectivity index (χ4v) is 3.98. The molecule has 0 atom stereocenters. The molecule has 3 aromatic rings. The van der Waals surface area contributed by atoms with E-state index < -0.39 is 5.97 Å². The zero-order valence-corrected chi connectivity index (χ0v) is 16.4. The van der Waals surface area contributed by atoms with Gasteiger partial charge in [-0.1, -0.05) is 30.3 Å². The molecule has 1 aliphatic rings. The van der Waals surface area contributed by atoms with Crippen LogP contribution in [0.15, 0.2) is 54.6 Å². The molecular weight excluding hydrogens is 366 g/mol. The lowest BCUT2D eigenvalue weighted by molar-refractivity contribution is 0.0695. The van der Waals surface area contributed by atoms with E-state index in [1.165, 1.54) is 0 Å². The first kappa shape index (κ1) is 19.0. The average molecular weight is 389 g/mol. The Bertz CT molecular complexity index is 1080. The lowest BCUT2D eigenvalue weighted by Crippen LogP contribution is -2.18. The maximum absolute atomic E-state index is 13.4. The Balaban J connectivity index is 1.82. The topological polar surface area (TPSA) is 66.8 Å². The second-order valence-electron chi connectivity index (χ2n) is 7.15. The number of hydrogen-bond acceptors (Lipinski definition) is 4. The summed E-state index contributed by atoms with van der Waals surface area (Å²) in [5, 5.41) is 11.2. The fraction of sp³-hybridized carbons (Fsp3) is 0.250. The van der Waals surface area contributed by atoms with Crippen LogP contribution in [-0.4, -0.2) is 36.6 Å². The quantitative estimate of drug-likeness (QED) is 0.615. The van der Waals surface area contributed by atoms with Gasteiger partial charge in [-0.15, -0.1) is 0 Å². The number of ketones is 1. The maximum Gasteiger partial charge on any atom is 0.337 e. The van der Waals surface area contributed by atoms with Crippen LogP contribution < -0.4 is 9.64 Å². The highest BCUT2D eigenvalue weighted by Crippen LogP contribution is 2.32. The number of carboxylic acid groups (broad SMARTS) is 1. The number of nitrogens with zero attached hydrogens (tertiary/aromatic N) is 1. The Hall–Kier alpha value is -3.34. The molecular formula is C24H23NO4. The lowest BCUT2D eigenvalue weighted by atomic mass is 9.93. The van der Waals surface area contributed by atoms with Crippen molar-refractivity contribution in [3.05, 3.63) is 71.3 Å². The van der Waals surface area contributed by atoms with Crippen molar-refractivity contribution in [2.75, 3.05) is 24.6 Å². The predicted molar refractivity (Wildman–Crippen MR) is 113 cm³/mol. The van der Waals surface area contributed by atoms with Gasteiger partial charge in [0.1, 0.15) is 5.75 Å². The number of carboxylic acids is 1. The predicted octanol–water partition coefficient (Wildman–Crippen LogP) is 4.77. The molecule has 5 heteroatoms. The van der Waals surface area contributed by atoms with E-state index in [0.29, 0.717) is 23.3 Å². The second kappa shape index (κ2) is 7.95. The molecule has 1 saturated heterocycles. The minimum Gasteiger partial charge on any atom is -0.493 e. The number of hydrogen-bond donors (Lipinski definition) is 1. The lowest BCUT2D eigenvalue weighted by Gasteiger charge is -2.20. The summed E-state index contributed by atoms with van der Waals surface area (Å²) >= 11 is 0. The molecule has 4 rings (SSSR count). The molecule has 0 radical (unpaired) electrons. The van der Waals surface area contributed by atoms with Crippen LogP contribution in [0.5, 0.6) is 5.75 Å². The van der Waals surface area contributed by atoms with Gasteiger partial charge in [0.05, 0.1) is 17.7 Å². The van der Waals surface area contributed by atoms with Gasteiger partial charge >= 0.3 is 5.97 Å². The number of rotatable bonds is 6. The summed E-state index contributed by atoms with van der Waals surface area (Å²) in [6.45, 7) is 4.28. The van der Waals surface area contributed by atoms with Gasteiger partial charge in [-0.3, -0.25) is 4.79 Å². The Morgan fingerprint density at radius 1 is 1.00 bits per heavy atom. The van der Waals surface area contributed by atoms with Crippen LogP contribution in [0.4, 0.5) is 5.69 Å². The molecule has 0 unspecified atom stereocenters. The molecule has 3 aromatic carbocycles. The van der Waals surface area contributed by atoms with Crippen LogP contribution in [0.3, 0.4) is 0 Å². The van der Waals surface area contributed by atoms with Gasteiger partial charge < -0.3 is 14.7 Å². The minimum absolute atomic E-state index is 0.0270. The third-order valence-corrected chi connectivity index (χ3v) is 5.37. The molecule has 5 nitrogen and oxygen atoms in total. The average Bonchev–Trinajstić information content (AvgIpc) is 3.27. The van der Waals surface area contributed by atoms with Crippen LogP contribution in [0.2, 0.25) is 0 Å². The van der Waals surface area contributed by atoms with Crippen molar-refractivity contribution in [3.63, 3.8) is 0 Å². The first-order valence-corrected chi connectivity index (χ1v) is 9.91. The molecule has 148 valence electrons. The van der Waals surface area contributed by atoms with Gasteiger partial charge in [0.25, 0.3) is 0 Å². The molecule has 1 N–H and O–H groups in total. The Morgan fingerprint density at radius 3 is 2.45 bits per heavy atom. The van der Waals surface area contributed by atoms with E-state index in [1.807, 2.05) is 31.2 Å². The van der Waals surface area contributed by atoms with E-state index in [1.54, 1.807) is 30.3 Å². The van der Waals surface area contributed by atoms with E-state index in [2.05, 4.69) is 4.90 Å². The number of carbonyl (C=O) groups excluding carboxylic acids is 1. The first-order valence-electron chi connectivity index (χ1n) is 9.91. The SMILES string of the molecule is CCOc1cc(N2CCCC2)ccc1C(=O)c1ccc2ccccc2c1C(=O)O. The number of fused-ring (bicyclic) bond motifs is 1. The second-order valence-corrected chi connectivity index (χ2v) is 7.15. The maximum atomic E-state index is 13.4. The molecule has 0 aliphatic carbocycles. The van der Waals surface area contributed by atoms with E-state index in [4.69, 9.17) is 4.74 Å². The number of anilines is 1. The van der Waals surface area contributed by atoms with Gasteiger partial charge in [0, 0.05) is 30.4 Å². The van der Waals surface area contributed by atoms with Crippen molar-refractivity contribution in [1.29, 1.82) is 0 Å². The van der Waals surface area contributed by atoms with Crippen molar-refractivity contribution in [1.82, 2.24) is 0 Å². The largest absolute Gasteiger partial charge is 0.493 e. The number of aromatic carboxylic acids is 1. The first-order chi connectivity index (χ1) is 14.1. The van der Waals surface area contributed by atoms with E-state index in [-0.39, 0.29) is 16.9 Å². The molecule has 0 spiro atoms. The molecule has 29 heavy (non-hydrogen) atoms. The Morgan fingerprint density at radius 2 is 1.72 bits per heavy atom. The third-order valence-electron chi connectivity index (χ3n) is 5.37. The summed E-state index contributed by atoms with van der Waals surface area (Å²) in [6.07, 6.45) is 2.31. The van der Waals surface area contributed by atoms with Crippen LogP contribution in [0.1, 0.15) is 46.0 Å². The normalized spacial score (nSPS) is 13.6. The summed E-state index contributed by atoms with van der Waals surface area (Å²) in [5.74, 6) is -0.965. The summed E-state index contributed by atoms with van der Waals surface area (Å²) < 4.78 is 5.77. The molecule has 0 bridgehead atoms. The van der Waals surface area contributed by atoms with E-state index >= 15 is 0 Å². The number of ether oxygens (including phenoxy) is 1. The zero-order valence-electron chi connectivity index (χ0n) is 16.4. The van der Waals surface area contributed by atoms with Gasteiger partial charge in [-0.2, -0.15) is 0 Å². The van der Waals surface area contributed by atoms with Crippen molar-refractivity contribution >= 4 is 28.2 Å². The zero-order chi connectivity index (χ0) is 20.4. The highest BCUT2D eigenvalue weighted by molar-refractivity contribution is 6.19. The van der Waals surface area contributed by atoms with Gasteiger partial charge in [0.15, 0.2) is 5.78 Å². The summed E-state index contributed by atoms with van der Waals surface area (Å²) in [7, 11) is 0. The summed E-state index contributed by atoms with van der Waals surface area (Å²) in [4.78, 5) is 27.7. The van der Waals surface area contributed by atoms with E-state index in [9.17, 15) is 14.7 Å². The fourth-order valence-electron chi connectivity index (χ4n) is 3.98.